The van der Waals surface area contributed by atoms with Gasteiger partial charge in [-0.15, -0.1) is 0 Å². The van der Waals surface area contributed by atoms with Crippen molar-refractivity contribution in [3.8, 4) is 5.75 Å². The number of ether oxygens (including phenoxy) is 1. The van der Waals surface area contributed by atoms with Crippen molar-refractivity contribution in [2.75, 3.05) is 26.2 Å². The maximum Gasteiger partial charge on any atom is 0.258 e. The van der Waals surface area contributed by atoms with Crippen LogP contribution in [0, 0.1) is 0 Å². The lowest BCUT2D eigenvalue weighted by atomic mass is 10.1. The number of carbonyl (C=O) groups excluding carboxylic acids is 1. The Bertz CT molecular complexity index is 663. The fourth-order valence-corrected chi connectivity index (χ4v) is 3.20. The predicted octanol–water partition coefficient (Wildman–Crippen LogP) is 1.40. The quantitative estimate of drug-likeness (QED) is 0.876. The number of rotatable bonds is 5. The minimum Gasteiger partial charge on any atom is -0.484 e. The largest absolute Gasteiger partial charge is 0.484 e. The van der Waals surface area contributed by atoms with Gasteiger partial charge in [0, 0.05) is 18.9 Å². The molecule has 0 atom stereocenters. The van der Waals surface area contributed by atoms with E-state index in [1.807, 2.05) is 36.4 Å². The summed E-state index contributed by atoms with van der Waals surface area (Å²) < 4.78 is 5.64. The highest BCUT2D eigenvalue weighted by atomic mass is 16.5. The van der Waals surface area contributed by atoms with Crippen molar-refractivity contribution in [2.24, 2.45) is 0 Å². The predicted molar refractivity (Wildman–Crippen MR) is 91.8 cm³/mol. The van der Waals surface area contributed by atoms with Crippen LogP contribution in [0.3, 0.4) is 0 Å². The molecule has 122 valence electrons. The number of benzene rings is 2. The van der Waals surface area contributed by atoms with E-state index in [0.717, 1.165) is 37.1 Å². The summed E-state index contributed by atoms with van der Waals surface area (Å²) >= 11 is 0. The summed E-state index contributed by atoms with van der Waals surface area (Å²) in [6, 6.07) is 14.3. The second kappa shape index (κ2) is 7.47. The molecular weight excluding hydrogens is 288 g/mol. The molecule has 3 rings (SSSR count). The first-order valence-electron chi connectivity index (χ1n) is 8.49. The van der Waals surface area contributed by atoms with Gasteiger partial charge in [0.2, 0.25) is 0 Å². The van der Waals surface area contributed by atoms with Crippen LogP contribution in [0.5, 0.6) is 5.75 Å². The van der Waals surface area contributed by atoms with E-state index in [-0.39, 0.29) is 12.5 Å². The average molecular weight is 313 g/mol. The third-order valence-electron chi connectivity index (χ3n) is 4.65. The van der Waals surface area contributed by atoms with Crippen LogP contribution in [0.2, 0.25) is 0 Å². The van der Waals surface area contributed by atoms with E-state index < -0.39 is 0 Å². The summed E-state index contributed by atoms with van der Waals surface area (Å²) in [6.45, 7) is 5.76. The summed E-state index contributed by atoms with van der Waals surface area (Å²) in [5.74, 6) is 0.715. The molecule has 4 heteroatoms. The molecule has 0 aliphatic carbocycles. The van der Waals surface area contributed by atoms with Crippen LogP contribution in [-0.2, 0) is 4.79 Å². The van der Waals surface area contributed by atoms with E-state index in [4.69, 9.17) is 4.74 Å². The number of quaternary nitrogens is 1. The van der Waals surface area contributed by atoms with Crippen LogP contribution in [0.25, 0.3) is 10.8 Å². The van der Waals surface area contributed by atoms with Crippen LogP contribution in [-0.4, -0.2) is 38.2 Å². The molecular formula is C19H25N2O2+. The van der Waals surface area contributed by atoms with Crippen molar-refractivity contribution >= 4 is 16.7 Å². The maximum absolute atomic E-state index is 12.1. The average Bonchev–Trinajstić information content (AvgIpc) is 2.60. The van der Waals surface area contributed by atoms with Crippen LogP contribution in [0.1, 0.15) is 19.8 Å². The van der Waals surface area contributed by atoms with Crippen molar-refractivity contribution in [3.63, 3.8) is 0 Å². The normalized spacial score (nSPS) is 21.1. The van der Waals surface area contributed by atoms with E-state index in [1.54, 1.807) is 4.90 Å². The molecule has 0 spiro atoms. The summed E-state index contributed by atoms with van der Waals surface area (Å²) in [6.07, 6.45) is 2.12. The summed E-state index contributed by atoms with van der Waals surface area (Å²) in [7, 11) is 0. The third-order valence-corrected chi connectivity index (χ3v) is 4.65. The molecule has 1 aliphatic rings. The number of likely N-dealkylation sites (tertiary alicyclic amines) is 1. The molecule has 1 aliphatic heterocycles. The van der Waals surface area contributed by atoms with Gasteiger partial charge in [-0.05, 0) is 29.8 Å². The highest BCUT2D eigenvalue weighted by Crippen LogP contribution is 2.20. The van der Waals surface area contributed by atoms with E-state index in [9.17, 15) is 4.79 Å². The van der Waals surface area contributed by atoms with E-state index in [1.165, 1.54) is 11.9 Å². The number of amides is 1. The third kappa shape index (κ3) is 4.23. The van der Waals surface area contributed by atoms with Gasteiger partial charge < -0.3 is 15.0 Å². The van der Waals surface area contributed by atoms with Gasteiger partial charge >= 0.3 is 0 Å². The zero-order chi connectivity index (χ0) is 16.1. The number of carbonyl (C=O) groups is 1. The second-order valence-electron chi connectivity index (χ2n) is 6.24. The lowest BCUT2D eigenvalue weighted by molar-refractivity contribution is -0.903. The minimum absolute atomic E-state index is 0.0249. The molecule has 2 N–H and O–H groups in total. The van der Waals surface area contributed by atoms with Gasteiger partial charge in [-0.2, -0.15) is 0 Å². The summed E-state index contributed by atoms with van der Waals surface area (Å²) in [5, 5.41) is 5.39. The van der Waals surface area contributed by atoms with Gasteiger partial charge in [-0.25, -0.2) is 0 Å². The Morgan fingerprint density at radius 1 is 1.17 bits per heavy atom. The summed E-state index contributed by atoms with van der Waals surface area (Å²) in [4.78, 5) is 13.7. The first-order chi connectivity index (χ1) is 11.2. The van der Waals surface area contributed by atoms with Gasteiger partial charge in [0.15, 0.2) is 6.61 Å². The molecule has 4 nitrogen and oxygen atoms in total. The molecule has 1 amide bonds. The van der Waals surface area contributed by atoms with Crippen LogP contribution < -0.4 is 15.0 Å². The SMILES string of the molecule is CC[NH+]1CCC(NC(=O)COc2ccc3ccccc3c2)CC1. The van der Waals surface area contributed by atoms with E-state index in [0.29, 0.717) is 6.04 Å². The van der Waals surface area contributed by atoms with Crippen molar-refractivity contribution in [3.05, 3.63) is 42.5 Å². The van der Waals surface area contributed by atoms with Gasteiger partial charge in [-0.3, -0.25) is 4.79 Å². The smallest absolute Gasteiger partial charge is 0.258 e. The molecule has 1 saturated heterocycles. The first kappa shape index (κ1) is 15.8. The molecule has 1 heterocycles. The number of piperidine rings is 1. The Hall–Kier alpha value is -2.07. The van der Waals surface area contributed by atoms with E-state index in [2.05, 4.69) is 18.3 Å². The molecule has 1 fully saturated rings. The first-order valence-corrected chi connectivity index (χ1v) is 8.49. The lowest BCUT2D eigenvalue weighted by Crippen LogP contribution is -3.13. The number of nitrogens with one attached hydrogen (secondary N) is 2. The van der Waals surface area contributed by atoms with Crippen LogP contribution in [0.15, 0.2) is 42.5 Å². The molecule has 0 bridgehead atoms. The van der Waals surface area contributed by atoms with Crippen molar-refractivity contribution in [2.45, 2.75) is 25.8 Å². The van der Waals surface area contributed by atoms with Crippen molar-refractivity contribution in [1.82, 2.24) is 5.32 Å². The Morgan fingerprint density at radius 2 is 1.91 bits per heavy atom. The van der Waals surface area contributed by atoms with Gasteiger partial charge in [0.25, 0.3) is 5.91 Å². The van der Waals surface area contributed by atoms with Crippen LogP contribution >= 0.6 is 0 Å². The molecule has 23 heavy (non-hydrogen) atoms. The van der Waals surface area contributed by atoms with Crippen LogP contribution in [0.4, 0.5) is 0 Å². The molecule has 0 unspecified atom stereocenters. The van der Waals surface area contributed by atoms with Crippen molar-refractivity contribution in [1.29, 1.82) is 0 Å². The molecule has 0 saturated carbocycles. The number of fused-ring (bicyclic) bond motifs is 1. The van der Waals surface area contributed by atoms with Gasteiger partial charge in [-0.1, -0.05) is 30.3 Å². The molecule has 0 radical (unpaired) electrons. The Kier molecular flexibility index (Phi) is 5.13. The highest BCUT2D eigenvalue weighted by Gasteiger charge is 2.22. The number of hydrogen-bond acceptors (Lipinski definition) is 2. The maximum atomic E-state index is 12.1. The highest BCUT2D eigenvalue weighted by molar-refractivity contribution is 5.84. The summed E-state index contributed by atoms with van der Waals surface area (Å²) in [5.41, 5.74) is 0. The molecule has 2 aromatic rings. The molecule has 0 aromatic heterocycles. The Morgan fingerprint density at radius 3 is 2.65 bits per heavy atom. The van der Waals surface area contributed by atoms with Crippen molar-refractivity contribution < 1.29 is 14.4 Å². The van der Waals surface area contributed by atoms with Gasteiger partial charge in [0.05, 0.1) is 19.6 Å². The Labute approximate surface area is 137 Å². The van der Waals surface area contributed by atoms with Gasteiger partial charge in [0.1, 0.15) is 5.75 Å². The minimum atomic E-state index is -0.0249. The molecule has 2 aromatic carbocycles. The second-order valence-corrected chi connectivity index (χ2v) is 6.24. The standard InChI is InChI=1S/C19H24N2O2/c1-2-21-11-9-17(10-12-21)20-19(22)14-23-18-8-7-15-5-3-4-6-16(15)13-18/h3-8,13,17H,2,9-12,14H2,1H3,(H,20,22)/p+1. The zero-order valence-corrected chi connectivity index (χ0v) is 13.7. The van der Waals surface area contributed by atoms with E-state index >= 15 is 0 Å². The topological polar surface area (TPSA) is 42.8 Å². The lowest BCUT2D eigenvalue weighted by Gasteiger charge is -2.28. The Balaban J connectivity index is 1.48. The fraction of sp³-hybridized carbons (Fsp3) is 0.421. The number of hydrogen-bond donors (Lipinski definition) is 2. The fourth-order valence-electron chi connectivity index (χ4n) is 3.20. The zero-order valence-electron chi connectivity index (χ0n) is 13.7. The monoisotopic (exact) mass is 313 g/mol.